The van der Waals surface area contributed by atoms with Gasteiger partial charge in [-0.05, 0) is 25.5 Å². The van der Waals surface area contributed by atoms with Gasteiger partial charge in [0.15, 0.2) is 6.29 Å². The normalized spacial score (nSPS) is 16.9. The minimum Gasteiger partial charge on any atom is -0.346 e. The lowest BCUT2D eigenvalue weighted by molar-refractivity contribution is -0.119. The Morgan fingerprint density at radius 3 is 2.80 bits per heavy atom. The number of carbonyl (C=O) groups excluding carboxylic acids is 1. The Hall–Kier alpha value is -1.65. The molecule has 1 fully saturated rings. The smallest absolute Gasteiger partial charge is 0.227 e. The lowest BCUT2D eigenvalue weighted by atomic mass is 10.0. The molecule has 1 amide bonds. The highest BCUT2D eigenvalue weighted by Gasteiger charge is 2.19. The first-order chi connectivity index (χ1) is 9.56. The topological polar surface area (TPSA) is 47.6 Å². The fraction of sp³-hybridized carbons (Fsp3) is 0.438. The zero-order chi connectivity index (χ0) is 14.5. The van der Waals surface area contributed by atoms with Gasteiger partial charge < -0.3 is 14.8 Å². The van der Waals surface area contributed by atoms with Crippen LogP contribution in [0.25, 0.3) is 0 Å². The van der Waals surface area contributed by atoms with Crippen molar-refractivity contribution in [2.75, 3.05) is 18.5 Å². The molecule has 4 heteroatoms. The van der Waals surface area contributed by atoms with Crippen LogP contribution in [0.4, 0.5) is 5.69 Å². The van der Waals surface area contributed by atoms with Crippen molar-refractivity contribution in [1.82, 2.24) is 0 Å². The van der Waals surface area contributed by atoms with E-state index in [9.17, 15) is 4.79 Å². The van der Waals surface area contributed by atoms with Gasteiger partial charge in [-0.3, -0.25) is 4.79 Å². The highest BCUT2D eigenvalue weighted by Crippen LogP contribution is 2.25. The van der Waals surface area contributed by atoms with Crippen molar-refractivity contribution < 1.29 is 14.3 Å². The number of amides is 1. The molecule has 0 aliphatic carbocycles. The fourth-order valence-corrected chi connectivity index (χ4v) is 2.19. The third-order valence-corrected chi connectivity index (χ3v) is 3.15. The number of hydrogen-bond donors (Lipinski definition) is 1. The van der Waals surface area contributed by atoms with E-state index >= 15 is 0 Å². The summed E-state index contributed by atoms with van der Waals surface area (Å²) in [6, 6.07) is 7.58. The molecule has 1 aliphatic rings. The first-order valence-corrected chi connectivity index (χ1v) is 6.84. The van der Waals surface area contributed by atoms with Crippen LogP contribution in [-0.4, -0.2) is 19.1 Å². The van der Waals surface area contributed by atoms with Gasteiger partial charge in [0.2, 0.25) is 5.91 Å². The number of hydrogen-bond acceptors (Lipinski definition) is 3. The van der Waals surface area contributed by atoms with Crippen LogP contribution in [0.3, 0.4) is 0 Å². The molecule has 0 unspecified atom stereocenters. The zero-order valence-corrected chi connectivity index (χ0v) is 12.0. The van der Waals surface area contributed by atoms with Gasteiger partial charge in [-0.25, -0.2) is 0 Å². The van der Waals surface area contributed by atoms with Gasteiger partial charge >= 0.3 is 0 Å². The lowest BCUT2D eigenvalue weighted by Gasteiger charge is -2.14. The Morgan fingerprint density at radius 2 is 2.15 bits per heavy atom. The van der Waals surface area contributed by atoms with Crippen molar-refractivity contribution in [1.29, 1.82) is 0 Å². The second-order valence-corrected chi connectivity index (χ2v) is 5.25. The van der Waals surface area contributed by atoms with Gasteiger partial charge in [0.05, 0.1) is 13.2 Å². The predicted octanol–water partition coefficient (Wildman–Crippen LogP) is 3.27. The number of benzene rings is 1. The Balaban J connectivity index is 2.00. The quantitative estimate of drug-likeness (QED) is 0.839. The molecule has 0 radical (unpaired) electrons. The fourth-order valence-electron chi connectivity index (χ4n) is 2.19. The molecule has 0 aromatic heterocycles. The first kappa shape index (κ1) is 14.8. The van der Waals surface area contributed by atoms with Gasteiger partial charge in [-0.15, -0.1) is 6.58 Å². The van der Waals surface area contributed by atoms with E-state index in [-0.39, 0.29) is 18.1 Å². The molecular weight excluding hydrogens is 254 g/mol. The SMILES string of the molecule is C=C(C)C[C@H](C)C(=O)Nc1cccc(C2OCCO2)c1. The number of ether oxygens (including phenoxy) is 2. The second-order valence-electron chi connectivity index (χ2n) is 5.25. The summed E-state index contributed by atoms with van der Waals surface area (Å²) >= 11 is 0. The van der Waals surface area contributed by atoms with Crippen molar-refractivity contribution in [3.63, 3.8) is 0 Å². The third-order valence-electron chi connectivity index (χ3n) is 3.15. The number of nitrogens with one attached hydrogen (secondary N) is 1. The average Bonchev–Trinajstić information content (AvgIpc) is 2.92. The van der Waals surface area contributed by atoms with E-state index in [1.54, 1.807) is 0 Å². The number of anilines is 1. The van der Waals surface area contributed by atoms with Crippen molar-refractivity contribution in [3.05, 3.63) is 42.0 Å². The monoisotopic (exact) mass is 275 g/mol. The van der Waals surface area contributed by atoms with Crippen LogP contribution >= 0.6 is 0 Å². The van der Waals surface area contributed by atoms with E-state index in [0.717, 1.165) is 16.8 Å². The van der Waals surface area contributed by atoms with E-state index < -0.39 is 0 Å². The van der Waals surface area contributed by atoms with Gasteiger partial charge in [0.1, 0.15) is 0 Å². The Kier molecular flexibility index (Phi) is 4.93. The molecule has 108 valence electrons. The van der Waals surface area contributed by atoms with Crippen molar-refractivity contribution >= 4 is 11.6 Å². The molecule has 4 nitrogen and oxygen atoms in total. The Labute approximate surface area is 119 Å². The molecule has 0 spiro atoms. The minimum atomic E-state index is -0.320. The minimum absolute atomic E-state index is 0.00147. The molecule has 1 atom stereocenters. The maximum atomic E-state index is 12.1. The summed E-state index contributed by atoms with van der Waals surface area (Å²) in [5, 5.41) is 2.92. The van der Waals surface area contributed by atoms with Crippen molar-refractivity contribution in [2.24, 2.45) is 5.92 Å². The Bertz CT molecular complexity index is 492. The molecule has 1 aromatic rings. The summed E-state index contributed by atoms with van der Waals surface area (Å²) in [5.74, 6) is -0.0893. The van der Waals surface area contributed by atoms with Gasteiger partial charge in [0, 0.05) is 17.2 Å². The summed E-state index contributed by atoms with van der Waals surface area (Å²) in [6.45, 7) is 8.88. The van der Waals surface area contributed by atoms with Crippen LogP contribution in [0.15, 0.2) is 36.4 Å². The second kappa shape index (κ2) is 6.68. The summed E-state index contributed by atoms with van der Waals surface area (Å²) in [5.41, 5.74) is 2.70. The first-order valence-electron chi connectivity index (χ1n) is 6.84. The van der Waals surface area contributed by atoms with Gasteiger partial charge in [-0.2, -0.15) is 0 Å². The molecule has 1 N–H and O–H groups in total. The molecule has 1 saturated heterocycles. The molecule has 1 aliphatic heterocycles. The van der Waals surface area contributed by atoms with E-state index in [1.807, 2.05) is 38.1 Å². The van der Waals surface area contributed by atoms with Crippen LogP contribution in [0, 0.1) is 5.92 Å². The van der Waals surface area contributed by atoms with Crippen LogP contribution in [-0.2, 0) is 14.3 Å². The summed E-state index contributed by atoms with van der Waals surface area (Å²) < 4.78 is 10.9. The molecule has 1 heterocycles. The van der Waals surface area contributed by atoms with Crippen LogP contribution in [0.1, 0.15) is 32.1 Å². The highest BCUT2D eigenvalue weighted by atomic mass is 16.7. The molecule has 20 heavy (non-hydrogen) atoms. The van der Waals surface area contributed by atoms with E-state index in [0.29, 0.717) is 19.6 Å². The summed E-state index contributed by atoms with van der Waals surface area (Å²) in [7, 11) is 0. The standard InChI is InChI=1S/C16H21NO3/c1-11(2)9-12(3)15(18)17-14-6-4-5-13(10-14)16-19-7-8-20-16/h4-6,10,12,16H,1,7-9H2,2-3H3,(H,17,18)/t12-/m0/s1. The van der Waals surface area contributed by atoms with Crippen molar-refractivity contribution in [3.8, 4) is 0 Å². The number of rotatable bonds is 5. The Morgan fingerprint density at radius 1 is 1.45 bits per heavy atom. The van der Waals surface area contributed by atoms with Crippen LogP contribution in [0.5, 0.6) is 0 Å². The summed E-state index contributed by atoms with van der Waals surface area (Å²) in [4.78, 5) is 12.1. The molecule has 0 saturated carbocycles. The summed E-state index contributed by atoms with van der Waals surface area (Å²) in [6.07, 6.45) is 0.375. The van der Waals surface area contributed by atoms with E-state index in [4.69, 9.17) is 9.47 Å². The third kappa shape index (κ3) is 3.92. The maximum Gasteiger partial charge on any atom is 0.227 e. The number of carbonyl (C=O) groups is 1. The molecule has 0 bridgehead atoms. The van der Waals surface area contributed by atoms with E-state index in [2.05, 4.69) is 11.9 Å². The zero-order valence-electron chi connectivity index (χ0n) is 12.0. The largest absolute Gasteiger partial charge is 0.346 e. The maximum absolute atomic E-state index is 12.1. The average molecular weight is 275 g/mol. The molecule has 2 rings (SSSR count). The van der Waals surface area contributed by atoms with Gasteiger partial charge in [-0.1, -0.05) is 24.6 Å². The highest BCUT2D eigenvalue weighted by molar-refractivity contribution is 5.92. The number of allylic oxidation sites excluding steroid dienone is 1. The van der Waals surface area contributed by atoms with Crippen molar-refractivity contribution in [2.45, 2.75) is 26.6 Å². The van der Waals surface area contributed by atoms with Gasteiger partial charge in [0.25, 0.3) is 0 Å². The van der Waals surface area contributed by atoms with Crippen LogP contribution in [0.2, 0.25) is 0 Å². The predicted molar refractivity (Wildman–Crippen MR) is 78.3 cm³/mol. The van der Waals surface area contributed by atoms with Crippen LogP contribution < -0.4 is 5.32 Å². The lowest BCUT2D eigenvalue weighted by Crippen LogP contribution is -2.20. The molecular formula is C16H21NO3. The van der Waals surface area contributed by atoms with E-state index in [1.165, 1.54) is 0 Å². The molecule has 1 aromatic carbocycles.